The minimum Gasteiger partial charge on any atom is -0.270 e. The molecule has 2 heteroatoms. The van der Waals surface area contributed by atoms with Crippen LogP contribution in [0.15, 0.2) is 18.8 Å². The summed E-state index contributed by atoms with van der Waals surface area (Å²) >= 11 is 0. The Kier molecular flexibility index (Phi) is 2.69. The summed E-state index contributed by atoms with van der Waals surface area (Å²) in [6.45, 7) is 10.3. The monoisotopic (exact) mass is 164 g/mol. The maximum atomic E-state index is 4.40. The van der Waals surface area contributed by atoms with Crippen LogP contribution in [0.5, 0.6) is 0 Å². The van der Waals surface area contributed by atoms with Gasteiger partial charge in [-0.2, -0.15) is 5.10 Å². The van der Waals surface area contributed by atoms with Crippen molar-refractivity contribution in [2.75, 3.05) is 0 Å². The van der Waals surface area contributed by atoms with E-state index < -0.39 is 0 Å². The first-order valence-corrected chi connectivity index (χ1v) is 4.38. The second-order valence-electron chi connectivity index (χ2n) is 3.23. The van der Waals surface area contributed by atoms with Crippen LogP contribution in [0.25, 0.3) is 5.57 Å². The fraction of sp³-hybridized carbons (Fsp3) is 0.500. The van der Waals surface area contributed by atoms with Gasteiger partial charge in [0.05, 0.1) is 5.69 Å². The molecule has 0 atom stereocenters. The molecular formula is C10H16N2. The SMILES string of the molecule is C=C(CC)c1ccn(C(C)C)n1. The van der Waals surface area contributed by atoms with E-state index >= 15 is 0 Å². The largest absolute Gasteiger partial charge is 0.270 e. The highest BCUT2D eigenvalue weighted by atomic mass is 15.3. The molecular weight excluding hydrogens is 148 g/mol. The molecule has 0 saturated heterocycles. The van der Waals surface area contributed by atoms with Gasteiger partial charge in [0, 0.05) is 12.2 Å². The van der Waals surface area contributed by atoms with Crippen LogP contribution in [0, 0.1) is 0 Å². The van der Waals surface area contributed by atoms with E-state index in [0.29, 0.717) is 6.04 Å². The van der Waals surface area contributed by atoms with Crippen molar-refractivity contribution in [3.05, 3.63) is 24.5 Å². The summed E-state index contributed by atoms with van der Waals surface area (Å²) in [6.07, 6.45) is 2.97. The van der Waals surface area contributed by atoms with Crippen LogP contribution in [0.2, 0.25) is 0 Å². The molecule has 0 N–H and O–H groups in total. The van der Waals surface area contributed by atoms with Crippen LogP contribution in [0.3, 0.4) is 0 Å². The summed E-state index contributed by atoms with van der Waals surface area (Å²) in [5.74, 6) is 0. The molecule has 2 nitrogen and oxygen atoms in total. The van der Waals surface area contributed by atoms with Crippen molar-refractivity contribution in [1.82, 2.24) is 9.78 Å². The maximum Gasteiger partial charge on any atom is 0.0876 e. The predicted octanol–water partition coefficient (Wildman–Crippen LogP) is 2.89. The van der Waals surface area contributed by atoms with E-state index in [1.54, 1.807) is 0 Å². The van der Waals surface area contributed by atoms with Gasteiger partial charge in [0.25, 0.3) is 0 Å². The van der Waals surface area contributed by atoms with Crippen molar-refractivity contribution in [3.63, 3.8) is 0 Å². The lowest BCUT2D eigenvalue weighted by atomic mass is 10.2. The van der Waals surface area contributed by atoms with Gasteiger partial charge >= 0.3 is 0 Å². The second kappa shape index (κ2) is 3.57. The smallest absolute Gasteiger partial charge is 0.0876 e. The Morgan fingerprint density at radius 2 is 2.33 bits per heavy atom. The van der Waals surface area contributed by atoms with Gasteiger partial charge in [-0.3, -0.25) is 4.68 Å². The highest BCUT2D eigenvalue weighted by molar-refractivity contribution is 5.58. The average Bonchev–Trinajstić information content (AvgIpc) is 2.51. The van der Waals surface area contributed by atoms with Gasteiger partial charge in [-0.05, 0) is 31.9 Å². The number of hydrogen-bond acceptors (Lipinski definition) is 1. The van der Waals surface area contributed by atoms with E-state index in [2.05, 4.69) is 32.4 Å². The predicted molar refractivity (Wildman–Crippen MR) is 51.9 cm³/mol. The standard InChI is InChI=1S/C10H16N2/c1-5-9(4)10-6-7-12(11-10)8(2)3/h6-8H,4-5H2,1-3H3. The molecule has 0 aliphatic rings. The van der Waals surface area contributed by atoms with E-state index in [1.807, 2.05) is 16.9 Å². The fourth-order valence-corrected chi connectivity index (χ4v) is 0.995. The van der Waals surface area contributed by atoms with Gasteiger partial charge in [0.2, 0.25) is 0 Å². The van der Waals surface area contributed by atoms with E-state index in [9.17, 15) is 0 Å². The zero-order chi connectivity index (χ0) is 9.14. The molecule has 1 aromatic heterocycles. The number of rotatable bonds is 3. The molecule has 1 aromatic rings. The first-order chi connectivity index (χ1) is 5.65. The number of hydrogen-bond donors (Lipinski definition) is 0. The molecule has 0 radical (unpaired) electrons. The van der Waals surface area contributed by atoms with Crippen LogP contribution in [-0.4, -0.2) is 9.78 Å². The lowest BCUT2D eigenvalue weighted by molar-refractivity contribution is 0.531. The molecule has 0 aliphatic carbocycles. The fourth-order valence-electron chi connectivity index (χ4n) is 0.995. The van der Waals surface area contributed by atoms with Gasteiger partial charge in [-0.15, -0.1) is 0 Å². The highest BCUT2D eigenvalue weighted by Gasteiger charge is 2.02. The van der Waals surface area contributed by atoms with Gasteiger partial charge < -0.3 is 0 Å². The first-order valence-electron chi connectivity index (χ1n) is 4.38. The van der Waals surface area contributed by atoms with Crippen molar-refractivity contribution in [3.8, 4) is 0 Å². The van der Waals surface area contributed by atoms with Crippen molar-refractivity contribution >= 4 is 5.57 Å². The molecule has 0 amide bonds. The molecule has 0 bridgehead atoms. The van der Waals surface area contributed by atoms with Crippen molar-refractivity contribution in [1.29, 1.82) is 0 Å². The third kappa shape index (κ3) is 1.76. The summed E-state index contributed by atoms with van der Waals surface area (Å²) in [4.78, 5) is 0. The highest BCUT2D eigenvalue weighted by Crippen LogP contribution is 2.14. The Bertz CT molecular complexity index is 271. The van der Waals surface area contributed by atoms with Crippen LogP contribution < -0.4 is 0 Å². The van der Waals surface area contributed by atoms with Gasteiger partial charge in [-0.25, -0.2) is 0 Å². The zero-order valence-corrected chi connectivity index (χ0v) is 8.04. The van der Waals surface area contributed by atoms with Crippen LogP contribution in [0.1, 0.15) is 38.9 Å². The van der Waals surface area contributed by atoms with Gasteiger partial charge in [0.1, 0.15) is 0 Å². The molecule has 0 fully saturated rings. The molecule has 12 heavy (non-hydrogen) atoms. The Hall–Kier alpha value is -1.05. The average molecular weight is 164 g/mol. The van der Waals surface area contributed by atoms with E-state index in [4.69, 9.17) is 0 Å². The second-order valence-corrected chi connectivity index (χ2v) is 3.23. The minimum atomic E-state index is 0.434. The summed E-state index contributed by atoms with van der Waals surface area (Å²) < 4.78 is 1.95. The normalized spacial score (nSPS) is 10.7. The molecule has 0 spiro atoms. The Balaban J connectivity index is 2.84. The molecule has 0 unspecified atom stereocenters. The van der Waals surface area contributed by atoms with Crippen LogP contribution >= 0.6 is 0 Å². The van der Waals surface area contributed by atoms with Crippen LogP contribution in [-0.2, 0) is 0 Å². The lowest BCUT2D eigenvalue weighted by Crippen LogP contribution is -2.01. The number of allylic oxidation sites excluding steroid dienone is 1. The third-order valence-corrected chi connectivity index (χ3v) is 1.93. The molecule has 66 valence electrons. The first kappa shape index (κ1) is 9.04. The number of nitrogens with zero attached hydrogens (tertiary/aromatic N) is 2. The molecule has 0 aromatic carbocycles. The van der Waals surface area contributed by atoms with E-state index in [1.165, 1.54) is 0 Å². The van der Waals surface area contributed by atoms with Crippen molar-refractivity contribution in [2.24, 2.45) is 0 Å². The Morgan fingerprint density at radius 1 is 1.67 bits per heavy atom. The summed E-state index contributed by atoms with van der Waals surface area (Å²) in [6, 6.07) is 2.45. The van der Waals surface area contributed by atoms with Gasteiger partial charge in [0.15, 0.2) is 0 Å². The Labute approximate surface area is 73.9 Å². The molecule has 0 aliphatic heterocycles. The number of aromatic nitrogens is 2. The topological polar surface area (TPSA) is 17.8 Å². The summed E-state index contributed by atoms with van der Waals surface area (Å²) in [5, 5.41) is 4.40. The van der Waals surface area contributed by atoms with Gasteiger partial charge in [-0.1, -0.05) is 13.5 Å². The Morgan fingerprint density at radius 3 is 2.75 bits per heavy atom. The molecule has 0 saturated carbocycles. The summed E-state index contributed by atoms with van der Waals surface area (Å²) in [7, 11) is 0. The quantitative estimate of drug-likeness (QED) is 0.671. The van der Waals surface area contributed by atoms with E-state index in [-0.39, 0.29) is 0 Å². The molecule has 1 heterocycles. The van der Waals surface area contributed by atoms with Crippen molar-refractivity contribution in [2.45, 2.75) is 33.2 Å². The zero-order valence-electron chi connectivity index (χ0n) is 8.04. The minimum absolute atomic E-state index is 0.434. The van der Waals surface area contributed by atoms with Crippen LogP contribution in [0.4, 0.5) is 0 Å². The summed E-state index contributed by atoms with van der Waals surface area (Å²) in [5.41, 5.74) is 2.13. The van der Waals surface area contributed by atoms with E-state index in [0.717, 1.165) is 17.7 Å². The maximum absolute atomic E-state index is 4.40. The lowest BCUT2D eigenvalue weighted by Gasteiger charge is -2.03. The third-order valence-electron chi connectivity index (χ3n) is 1.93. The molecule has 1 rings (SSSR count). The van der Waals surface area contributed by atoms with Crippen molar-refractivity contribution < 1.29 is 0 Å².